The predicted octanol–water partition coefficient (Wildman–Crippen LogP) is 13.7. The number of hydrogen-bond acceptors (Lipinski definition) is 3. The molecule has 0 radical (unpaired) electrons. The summed E-state index contributed by atoms with van der Waals surface area (Å²) in [5.41, 5.74) is 13.2. The van der Waals surface area contributed by atoms with E-state index in [0.29, 0.717) is 0 Å². The molecule has 0 saturated heterocycles. The second-order valence-corrected chi connectivity index (χ2v) is 16.1. The molecule has 270 valence electrons. The van der Waals surface area contributed by atoms with E-state index in [9.17, 15) is 0 Å². The van der Waals surface area contributed by atoms with Crippen molar-refractivity contribution in [2.45, 2.75) is 12.3 Å². The summed E-state index contributed by atoms with van der Waals surface area (Å²) in [4.78, 5) is 1.30. The topological polar surface area (TPSA) is 33.9 Å². The maximum absolute atomic E-state index is 4.05. The van der Waals surface area contributed by atoms with E-state index in [1.54, 1.807) is 0 Å². The Labute approximate surface area is 333 Å². The van der Waals surface area contributed by atoms with Gasteiger partial charge >= 0.3 is 0 Å². The molecular weight excluding hydrogens is 713 g/mol. The molecule has 8 aromatic carbocycles. The number of aromatic nitrogens is 2. The van der Waals surface area contributed by atoms with E-state index in [-0.39, 0.29) is 12.3 Å². The van der Waals surface area contributed by atoms with Crippen molar-refractivity contribution in [3.8, 4) is 27.9 Å². The summed E-state index contributed by atoms with van der Waals surface area (Å²) in [6, 6.07) is 70.8. The van der Waals surface area contributed by atoms with Crippen LogP contribution in [0.5, 0.6) is 0 Å². The first-order valence-electron chi connectivity index (χ1n) is 19.6. The molecule has 2 N–H and O–H groups in total. The monoisotopic (exact) mass is 748 g/mol. The van der Waals surface area contributed by atoms with Gasteiger partial charge in [-0.2, -0.15) is 0 Å². The average Bonchev–Trinajstić information content (AvgIpc) is 3.94. The smallest absolute Gasteiger partial charge is 0.124 e. The van der Waals surface area contributed by atoms with Crippen LogP contribution in [-0.4, -0.2) is 9.13 Å². The molecule has 0 saturated carbocycles. The summed E-state index contributed by atoms with van der Waals surface area (Å²) >= 11 is 1.87. The molecule has 2 unspecified atom stereocenters. The van der Waals surface area contributed by atoms with Gasteiger partial charge in [-0.15, -0.1) is 11.3 Å². The molecular formula is C52H36N4S. The number of benzene rings is 8. The maximum Gasteiger partial charge on any atom is 0.124 e. The Kier molecular flexibility index (Phi) is 7.27. The third-order valence-electron chi connectivity index (χ3n) is 11.8. The van der Waals surface area contributed by atoms with Crippen LogP contribution in [0.25, 0.3) is 81.6 Å². The molecule has 57 heavy (non-hydrogen) atoms. The number of nitrogens with one attached hydrogen (secondary N) is 2. The fourth-order valence-electron chi connectivity index (χ4n) is 9.19. The highest BCUT2D eigenvalue weighted by atomic mass is 32.1. The van der Waals surface area contributed by atoms with E-state index in [0.717, 1.165) is 5.69 Å². The molecule has 5 heteroatoms. The second kappa shape index (κ2) is 12.8. The molecule has 0 spiro atoms. The van der Waals surface area contributed by atoms with Crippen molar-refractivity contribution in [3.05, 3.63) is 205 Å². The molecule has 0 fully saturated rings. The molecule has 0 aliphatic carbocycles. The molecule has 12 rings (SSSR count). The van der Waals surface area contributed by atoms with Gasteiger partial charge in [0, 0.05) is 37.3 Å². The van der Waals surface area contributed by atoms with Crippen molar-refractivity contribution in [1.82, 2.24) is 14.5 Å². The highest BCUT2D eigenvalue weighted by Crippen LogP contribution is 2.47. The van der Waals surface area contributed by atoms with Crippen LogP contribution < -0.4 is 10.6 Å². The number of anilines is 1. The number of rotatable bonds is 5. The van der Waals surface area contributed by atoms with Crippen molar-refractivity contribution in [3.63, 3.8) is 0 Å². The SMILES string of the molecule is c1ccc(-c2cccc(-n3c4ccccc4c4ccc(-c5ccc6c(c5)c5ccccc5n6C5NC(c6ccccc6)Nc6c5sc5ccccc65)cc43)c2)cc1. The first-order chi connectivity index (χ1) is 28.3. The van der Waals surface area contributed by atoms with E-state index in [1.807, 2.05) is 11.3 Å². The van der Waals surface area contributed by atoms with Crippen LogP contribution in [-0.2, 0) is 0 Å². The number of fused-ring (bicyclic) bond motifs is 9. The fraction of sp³-hybridized carbons (Fsp3) is 0.0385. The Bertz CT molecular complexity index is 3320. The third kappa shape index (κ3) is 5.10. The zero-order chi connectivity index (χ0) is 37.5. The van der Waals surface area contributed by atoms with Gasteiger partial charge in [0.25, 0.3) is 0 Å². The van der Waals surface area contributed by atoms with Crippen LogP contribution in [0.15, 0.2) is 194 Å². The lowest BCUT2D eigenvalue weighted by Crippen LogP contribution is -2.39. The van der Waals surface area contributed by atoms with Crippen LogP contribution >= 0.6 is 11.3 Å². The summed E-state index contributed by atoms with van der Waals surface area (Å²) in [7, 11) is 0. The maximum atomic E-state index is 4.05. The molecule has 4 heterocycles. The van der Waals surface area contributed by atoms with Crippen LogP contribution in [0.4, 0.5) is 5.69 Å². The molecule has 1 aliphatic rings. The summed E-state index contributed by atoms with van der Waals surface area (Å²) in [6.07, 6.45) is -0.125. The molecule has 11 aromatic rings. The van der Waals surface area contributed by atoms with Gasteiger partial charge in [-0.25, -0.2) is 0 Å². The van der Waals surface area contributed by atoms with Gasteiger partial charge in [-0.05, 0) is 76.3 Å². The number of hydrogen-bond donors (Lipinski definition) is 2. The Morgan fingerprint density at radius 1 is 0.421 bits per heavy atom. The van der Waals surface area contributed by atoms with E-state index in [2.05, 4.69) is 214 Å². The summed E-state index contributed by atoms with van der Waals surface area (Å²) < 4.78 is 6.25. The Hall–Kier alpha value is -6.92. The van der Waals surface area contributed by atoms with Gasteiger partial charge in [0.15, 0.2) is 0 Å². The molecule has 2 atom stereocenters. The van der Waals surface area contributed by atoms with Gasteiger partial charge in [0.05, 0.1) is 32.6 Å². The minimum absolute atomic E-state index is 0.0518. The largest absolute Gasteiger partial charge is 0.364 e. The molecule has 4 nitrogen and oxygen atoms in total. The summed E-state index contributed by atoms with van der Waals surface area (Å²) in [6.45, 7) is 0. The minimum atomic E-state index is -0.0733. The Morgan fingerprint density at radius 2 is 1.04 bits per heavy atom. The van der Waals surface area contributed by atoms with Crippen molar-refractivity contribution in [1.29, 1.82) is 0 Å². The van der Waals surface area contributed by atoms with Gasteiger partial charge in [-0.1, -0.05) is 146 Å². The van der Waals surface area contributed by atoms with Gasteiger partial charge in [0.2, 0.25) is 0 Å². The van der Waals surface area contributed by atoms with Crippen LogP contribution in [0, 0.1) is 0 Å². The Balaban J connectivity index is 1.03. The van der Waals surface area contributed by atoms with E-state index >= 15 is 0 Å². The number of nitrogens with zero attached hydrogens (tertiary/aromatic N) is 2. The Morgan fingerprint density at radius 3 is 1.88 bits per heavy atom. The van der Waals surface area contributed by atoms with E-state index in [4.69, 9.17) is 0 Å². The molecule has 0 amide bonds. The summed E-state index contributed by atoms with van der Waals surface area (Å²) in [5.74, 6) is 0. The molecule has 1 aliphatic heterocycles. The van der Waals surface area contributed by atoms with Crippen molar-refractivity contribution in [2.24, 2.45) is 0 Å². The van der Waals surface area contributed by atoms with Gasteiger partial charge in [0.1, 0.15) is 12.3 Å². The van der Waals surface area contributed by atoms with E-state index < -0.39 is 0 Å². The predicted molar refractivity (Wildman–Crippen MR) is 241 cm³/mol. The number of thiophene rings is 1. The lowest BCUT2D eigenvalue weighted by Gasteiger charge is -2.35. The van der Waals surface area contributed by atoms with Crippen LogP contribution in [0.1, 0.15) is 22.8 Å². The minimum Gasteiger partial charge on any atom is -0.364 e. The molecule has 3 aromatic heterocycles. The lowest BCUT2D eigenvalue weighted by atomic mass is 10.0. The van der Waals surface area contributed by atoms with Crippen molar-refractivity contribution < 1.29 is 0 Å². The lowest BCUT2D eigenvalue weighted by molar-refractivity contribution is 0.431. The molecule has 0 bridgehead atoms. The zero-order valence-corrected chi connectivity index (χ0v) is 31.7. The standard InChI is InChI=1S/C52H36N4S/c1-3-14-33(15-4-1)35-18-13-19-38(30-35)55-44-23-10-7-20-39(44)41-28-26-37(32-47(41)55)36-27-29-46-43(31-36)40-21-8-11-24-45(40)56(46)52-50-49(42-22-9-12-25-48(42)57-50)53-51(54-52)34-16-5-2-6-17-34/h1-32,51-54H. The van der Waals surface area contributed by atoms with Gasteiger partial charge in [-0.3, -0.25) is 5.32 Å². The second-order valence-electron chi connectivity index (χ2n) is 15.0. The van der Waals surface area contributed by atoms with Crippen molar-refractivity contribution >= 4 is 70.7 Å². The first-order valence-corrected chi connectivity index (χ1v) is 20.4. The van der Waals surface area contributed by atoms with Gasteiger partial charge < -0.3 is 14.5 Å². The average molecular weight is 749 g/mol. The quantitative estimate of drug-likeness (QED) is 0.184. The first kappa shape index (κ1) is 32.3. The normalized spacial score (nSPS) is 15.4. The van der Waals surface area contributed by atoms with Crippen LogP contribution in [0.2, 0.25) is 0 Å². The zero-order valence-electron chi connectivity index (χ0n) is 30.9. The number of para-hydroxylation sites is 2. The van der Waals surface area contributed by atoms with Crippen molar-refractivity contribution in [2.75, 3.05) is 5.32 Å². The van der Waals surface area contributed by atoms with Crippen LogP contribution in [0.3, 0.4) is 0 Å². The third-order valence-corrected chi connectivity index (χ3v) is 13.0. The fourth-order valence-corrected chi connectivity index (χ4v) is 10.4. The van der Waals surface area contributed by atoms with E-state index in [1.165, 1.54) is 92.1 Å². The highest BCUT2D eigenvalue weighted by molar-refractivity contribution is 7.19. The summed E-state index contributed by atoms with van der Waals surface area (Å²) in [5, 5.41) is 14.2. The highest BCUT2D eigenvalue weighted by Gasteiger charge is 2.33.